The van der Waals surface area contributed by atoms with Crippen LogP contribution in [-0.2, 0) is 10.6 Å². The Morgan fingerprint density at radius 1 is 0.694 bits per heavy atom. The summed E-state index contributed by atoms with van der Waals surface area (Å²) in [5.74, 6) is -0.0386. The summed E-state index contributed by atoms with van der Waals surface area (Å²) in [7, 11) is 4.00. The van der Waals surface area contributed by atoms with Crippen molar-refractivity contribution in [1.29, 1.82) is 0 Å². The fraction of sp³-hybridized carbons (Fsp3) is 0.462. The third kappa shape index (κ3) is 11.1. The fourth-order valence-electron chi connectivity index (χ4n) is 3.52. The molecular weight excluding hydrogens is 586 g/mol. The third-order valence-corrected chi connectivity index (χ3v) is 12.2. The first-order chi connectivity index (χ1) is 17.5. The molecule has 0 aliphatic rings. The second-order valence-corrected chi connectivity index (χ2v) is 15.9. The van der Waals surface area contributed by atoms with Crippen molar-refractivity contribution in [1.82, 2.24) is 20.4 Å². The number of hydrogen-bond acceptors (Lipinski definition) is 6. The Morgan fingerprint density at radius 2 is 1.08 bits per heavy atom. The van der Waals surface area contributed by atoms with E-state index in [0.29, 0.717) is 52.4 Å². The van der Waals surface area contributed by atoms with E-state index in [0.717, 1.165) is 59.1 Å². The van der Waals surface area contributed by atoms with Gasteiger partial charge in [-0.2, -0.15) is 0 Å². The maximum atomic E-state index is 12.7. The van der Waals surface area contributed by atoms with Crippen LogP contribution >= 0.6 is 0 Å². The predicted octanol–water partition coefficient (Wildman–Crippen LogP) is -0.0492. The number of nitrogens with two attached hydrogens (primary N) is 2. The van der Waals surface area contributed by atoms with E-state index >= 15 is 0 Å². The fourth-order valence-corrected chi connectivity index (χ4v) is 10.0. The van der Waals surface area contributed by atoms with E-state index in [1.807, 2.05) is 50.5 Å². The van der Waals surface area contributed by atoms with Gasteiger partial charge in [-0.1, -0.05) is 0 Å². The van der Waals surface area contributed by atoms with Crippen LogP contribution in [0.25, 0.3) is 0 Å². The summed E-state index contributed by atoms with van der Waals surface area (Å²) in [4.78, 5) is 29.7. The monoisotopic (exact) mass is 628 g/mol. The Balaban J connectivity index is 1.84. The van der Waals surface area contributed by atoms with E-state index in [1.54, 1.807) is 0 Å². The van der Waals surface area contributed by atoms with Gasteiger partial charge in [0, 0.05) is 0 Å². The van der Waals surface area contributed by atoms with Gasteiger partial charge in [0.2, 0.25) is 0 Å². The van der Waals surface area contributed by atoms with E-state index in [9.17, 15) is 9.59 Å². The Bertz CT molecular complexity index is 871. The van der Waals surface area contributed by atoms with Crippen LogP contribution in [0, 0.1) is 0 Å². The molecule has 0 unspecified atom stereocenters. The van der Waals surface area contributed by atoms with E-state index in [1.165, 1.54) is 0 Å². The van der Waals surface area contributed by atoms with Crippen LogP contribution < -0.4 is 22.1 Å². The number of hydrogen-bond donors (Lipinski definition) is 4. The zero-order valence-electron chi connectivity index (χ0n) is 21.4. The summed E-state index contributed by atoms with van der Waals surface area (Å²) in [6.07, 6.45) is 0. The predicted molar refractivity (Wildman–Crippen MR) is 150 cm³/mol. The first-order valence-corrected chi connectivity index (χ1v) is 19.0. The molecule has 0 atom stereocenters. The quantitative estimate of drug-likeness (QED) is 0.145. The summed E-state index contributed by atoms with van der Waals surface area (Å²) in [5.41, 5.74) is 14.9. The van der Waals surface area contributed by atoms with Crippen LogP contribution in [0.4, 0.5) is 0 Å². The van der Waals surface area contributed by atoms with Crippen molar-refractivity contribution < 1.29 is 9.59 Å². The Labute approximate surface area is 226 Å². The van der Waals surface area contributed by atoms with Gasteiger partial charge >= 0.3 is 227 Å². The van der Waals surface area contributed by atoms with Gasteiger partial charge in [-0.25, -0.2) is 0 Å². The molecule has 0 saturated heterocycles. The van der Waals surface area contributed by atoms with E-state index in [2.05, 4.69) is 32.6 Å². The number of carbonyl (C=O) groups excluding carboxylic acids is 2. The van der Waals surface area contributed by atoms with Gasteiger partial charge in [0.15, 0.2) is 0 Å². The first-order valence-electron chi connectivity index (χ1n) is 12.2. The number of benzene rings is 2. The first kappa shape index (κ1) is 30.5. The molecule has 10 heteroatoms. The van der Waals surface area contributed by atoms with Crippen molar-refractivity contribution in [2.75, 3.05) is 66.5 Å². The minimum absolute atomic E-state index is 0.0193. The van der Waals surface area contributed by atoms with Crippen LogP contribution in [0.1, 0.15) is 31.8 Å². The molecule has 0 heterocycles. The van der Waals surface area contributed by atoms with Crippen molar-refractivity contribution >= 4 is 38.1 Å². The van der Waals surface area contributed by atoms with Gasteiger partial charge in [0.1, 0.15) is 0 Å². The molecule has 0 spiro atoms. The molecule has 6 N–H and O–H groups in total. The molecule has 0 aromatic heterocycles. The number of nitrogens with one attached hydrogen (secondary N) is 2. The van der Waals surface area contributed by atoms with Crippen LogP contribution in [0.5, 0.6) is 0 Å². The van der Waals surface area contributed by atoms with Crippen LogP contribution in [0.15, 0.2) is 48.5 Å². The molecule has 0 radical (unpaired) electrons. The Morgan fingerprint density at radius 3 is 1.47 bits per heavy atom. The second kappa shape index (κ2) is 17.7. The van der Waals surface area contributed by atoms with E-state index in [-0.39, 0.29) is 11.8 Å². The third-order valence-electron chi connectivity index (χ3n) is 5.62. The SMILES string of the molecule is CN(CCN)CCNC(=O)c1ccccc1C[Se][Se]Cc1ccccc1C(=O)NCCN(C)CCN. The van der Waals surface area contributed by atoms with Gasteiger partial charge in [0.05, 0.1) is 0 Å². The topological polar surface area (TPSA) is 117 Å². The summed E-state index contributed by atoms with van der Waals surface area (Å²) >= 11 is 0.749. The van der Waals surface area contributed by atoms with Crippen molar-refractivity contribution in [2.45, 2.75) is 10.6 Å². The number of rotatable bonds is 17. The van der Waals surface area contributed by atoms with Gasteiger partial charge in [-0.3, -0.25) is 0 Å². The molecule has 2 amide bonds. The van der Waals surface area contributed by atoms with Crippen molar-refractivity contribution in [3.63, 3.8) is 0 Å². The molecule has 2 aromatic rings. The van der Waals surface area contributed by atoms with Crippen LogP contribution in [0.3, 0.4) is 0 Å². The van der Waals surface area contributed by atoms with Crippen LogP contribution in [-0.4, -0.2) is 114 Å². The average Bonchev–Trinajstić information content (AvgIpc) is 2.87. The Hall–Kier alpha value is -1.74. The molecule has 2 aromatic carbocycles. The Kier molecular flexibility index (Phi) is 15.0. The molecule has 198 valence electrons. The van der Waals surface area contributed by atoms with E-state index in [4.69, 9.17) is 11.5 Å². The molecule has 0 saturated carbocycles. The summed E-state index contributed by atoms with van der Waals surface area (Å²) < 4.78 is 0. The molecule has 0 fully saturated rings. The van der Waals surface area contributed by atoms with Gasteiger partial charge in [-0.05, 0) is 0 Å². The molecule has 0 aliphatic heterocycles. The van der Waals surface area contributed by atoms with Crippen molar-refractivity contribution in [3.05, 3.63) is 70.8 Å². The molecular formula is C26H40N6O2Se2. The molecule has 0 aliphatic carbocycles. The second-order valence-electron chi connectivity index (χ2n) is 8.53. The summed E-state index contributed by atoms with van der Waals surface area (Å²) in [5, 5.41) is 7.88. The van der Waals surface area contributed by atoms with Gasteiger partial charge in [-0.15, -0.1) is 0 Å². The standard InChI is InChI=1S/C26H40N6O2Se2/c1-31(15-11-27)17-13-29-25(33)23-9-5-3-7-21(23)19-35-36-20-22-8-4-6-10-24(22)26(34)30-14-18-32(2)16-12-28/h3-10H,11-20,27-28H2,1-2H3,(H,29,33)(H,30,34). The zero-order valence-corrected chi connectivity index (χ0v) is 24.8. The molecule has 0 bridgehead atoms. The number of carbonyl (C=O) groups is 2. The summed E-state index contributed by atoms with van der Waals surface area (Å²) in [6.45, 7) is 5.59. The maximum absolute atomic E-state index is 12.7. The van der Waals surface area contributed by atoms with E-state index < -0.39 is 0 Å². The molecule has 36 heavy (non-hydrogen) atoms. The number of nitrogens with zero attached hydrogens (tertiary/aromatic N) is 2. The normalized spacial score (nSPS) is 11.2. The average molecular weight is 627 g/mol. The minimum atomic E-state index is -0.0193. The zero-order chi connectivity index (χ0) is 26.2. The van der Waals surface area contributed by atoms with Gasteiger partial charge < -0.3 is 0 Å². The number of amides is 2. The van der Waals surface area contributed by atoms with Crippen LogP contribution in [0.2, 0.25) is 0 Å². The van der Waals surface area contributed by atoms with Crippen molar-refractivity contribution in [2.24, 2.45) is 11.5 Å². The van der Waals surface area contributed by atoms with Crippen molar-refractivity contribution in [3.8, 4) is 0 Å². The summed E-state index contributed by atoms with van der Waals surface area (Å²) in [6, 6.07) is 15.7. The number of likely N-dealkylation sites (N-methyl/N-ethyl adjacent to an activating group) is 2. The molecule has 8 nitrogen and oxygen atoms in total. The van der Waals surface area contributed by atoms with Gasteiger partial charge in [0.25, 0.3) is 0 Å². The molecule has 2 rings (SSSR count).